The van der Waals surface area contributed by atoms with Gasteiger partial charge in [-0.25, -0.2) is 0 Å². The molecule has 1 aliphatic heterocycles. The quantitative estimate of drug-likeness (QED) is 0.519. The van der Waals surface area contributed by atoms with Gasteiger partial charge >= 0.3 is 0 Å². The number of nitrogens with zero attached hydrogens (tertiary/aromatic N) is 2. The fourth-order valence-electron chi connectivity index (χ4n) is 6.05. The first-order valence-corrected chi connectivity index (χ1v) is 11.5. The molecule has 6 atom stereocenters. The van der Waals surface area contributed by atoms with Gasteiger partial charge in [-0.15, -0.1) is 0 Å². The van der Waals surface area contributed by atoms with E-state index in [9.17, 15) is 14.4 Å². The predicted molar refractivity (Wildman–Crippen MR) is 121 cm³/mol. The maximum Gasteiger partial charge on any atom is 0.259 e. The molecule has 2 bridgehead atoms. The van der Waals surface area contributed by atoms with Crippen LogP contribution in [0.2, 0.25) is 5.02 Å². The van der Waals surface area contributed by atoms with Crippen LogP contribution in [0, 0.1) is 42.4 Å². The van der Waals surface area contributed by atoms with E-state index in [1.807, 2.05) is 19.1 Å². The molecule has 1 saturated heterocycles. The van der Waals surface area contributed by atoms with Crippen LogP contribution in [0.4, 0.5) is 5.69 Å². The molecule has 2 aromatic rings. The topological polar surface area (TPSA) is 57.7 Å². The van der Waals surface area contributed by atoms with Crippen molar-refractivity contribution < 1.29 is 14.4 Å². The first-order chi connectivity index (χ1) is 15.5. The molecule has 7 rings (SSSR count). The third-order valence-corrected chi connectivity index (χ3v) is 8.18. The molecule has 4 aliphatic carbocycles. The van der Waals surface area contributed by atoms with Crippen LogP contribution < -0.4 is 4.90 Å². The first kappa shape index (κ1) is 19.7. The molecule has 0 spiro atoms. The van der Waals surface area contributed by atoms with E-state index in [0.29, 0.717) is 28.1 Å². The number of rotatable bonds is 4. The van der Waals surface area contributed by atoms with Crippen molar-refractivity contribution >= 4 is 35.0 Å². The summed E-state index contributed by atoms with van der Waals surface area (Å²) < 4.78 is 0. The summed E-state index contributed by atoms with van der Waals surface area (Å²) in [5, 5.41) is 0.531. The van der Waals surface area contributed by atoms with E-state index in [0.717, 1.165) is 12.0 Å². The predicted octanol–water partition coefficient (Wildman–Crippen LogP) is 4.31. The highest BCUT2D eigenvalue weighted by Gasteiger charge is 2.67. The fourth-order valence-corrected chi connectivity index (χ4v) is 6.22. The van der Waals surface area contributed by atoms with E-state index < -0.39 is 0 Å². The van der Waals surface area contributed by atoms with E-state index >= 15 is 0 Å². The van der Waals surface area contributed by atoms with Crippen LogP contribution in [0.5, 0.6) is 0 Å². The van der Waals surface area contributed by atoms with Gasteiger partial charge in [0.25, 0.3) is 5.91 Å². The summed E-state index contributed by atoms with van der Waals surface area (Å²) in [6, 6.07) is 14.3. The molecule has 162 valence electrons. The van der Waals surface area contributed by atoms with Crippen LogP contribution in [0.3, 0.4) is 0 Å². The Bertz CT molecular complexity index is 1140. The Morgan fingerprint density at radius 3 is 2.22 bits per heavy atom. The lowest BCUT2D eigenvalue weighted by Crippen LogP contribution is -2.45. The van der Waals surface area contributed by atoms with E-state index in [4.69, 9.17) is 11.6 Å². The van der Waals surface area contributed by atoms with Crippen LogP contribution in [0.15, 0.2) is 60.7 Å². The molecule has 5 nitrogen and oxygen atoms in total. The van der Waals surface area contributed by atoms with Gasteiger partial charge in [-0.1, -0.05) is 48.0 Å². The van der Waals surface area contributed by atoms with Gasteiger partial charge in [0.15, 0.2) is 0 Å². The summed E-state index contributed by atoms with van der Waals surface area (Å²) >= 11 is 6.36. The van der Waals surface area contributed by atoms with Crippen molar-refractivity contribution in [3.05, 3.63) is 76.8 Å². The Kier molecular flexibility index (Phi) is 4.34. The highest BCUT2D eigenvalue weighted by Crippen LogP contribution is 2.65. The second-order valence-corrected chi connectivity index (χ2v) is 9.84. The molecule has 3 fully saturated rings. The minimum absolute atomic E-state index is 0.105. The molecule has 2 aromatic carbocycles. The highest BCUT2D eigenvalue weighted by atomic mass is 35.5. The van der Waals surface area contributed by atoms with E-state index in [1.165, 1.54) is 9.80 Å². The highest BCUT2D eigenvalue weighted by molar-refractivity contribution is 6.31. The van der Waals surface area contributed by atoms with Crippen LogP contribution in [0.1, 0.15) is 22.3 Å². The normalized spacial score (nSPS) is 31.5. The van der Waals surface area contributed by atoms with Crippen molar-refractivity contribution in [3.63, 3.8) is 0 Å². The number of hydrogen-bond acceptors (Lipinski definition) is 3. The zero-order valence-corrected chi connectivity index (χ0v) is 18.4. The summed E-state index contributed by atoms with van der Waals surface area (Å²) in [5.74, 6) is 0.273. The van der Waals surface area contributed by atoms with Crippen LogP contribution in [-0.4, -0.2) is 29.3 Å². The largest absolute Gasteiger partial charge is 0.289 e. The number of aryl methyl sites for hydroxylation is 1. The number of likely N-dealkylation sites (tertiary alicyclic amines) is 1. The Morgan fingerprint density at radius 2 is 1.62 bits per heavy atom. The molecule has 32 heavy (non-hydrogen) atoms. The van der Waals surface area contributed by atoms with Gasteiger partial charge in [0.05, 0.1) is 11.8 Å². The molecule has 0 N–H and O–H groups in total. The Labute approximate surface area is 191 Å². The molecule has 5 aliphatic rings. The third kappa shape index (κ3) is 2.80. The molecule has 6 heteroatoms. The number of anilines is 1. The van der Waals surface area contributed by atoms with Gasteiger partial charge in [-0.05, 0) is 66.8 Å². The zero-order chi connectivity index (χ0) is 22.1. The molecular formula is C26H23ClN2O3. The number of benzene rings is 2. The SMILES string of the molecule is Cc1ccc(N(CN2C(=O)[C@@H]3[C@H]4C=C[C@@H]([C@@H]5C[C@@H]45)[C@@H]3C2=O)C(=O)c2ccccc2)cc1Cl. The average molecular weight is 447 g/mol. The van der Waals surface area contributed by atoms with Crippen LogP contribution in [-0.2, 0) is 9.59 Å². The number of imide groups is 1. The van der Waals surface area contributed by atoms with Crippen molar-refractivity contribution in [1.29, 1.82) is 0 Å². The molecule has 1 heterocycles. The molecule has 0 aromatic heterocycles. The minimum Gasteiger partial charge on any atom is -0.289 e. The molecular weight excluding hydrogens is 424 g/mol. The van der Waals surface area contributed by atoms with Crippen molar-refractivity contribution in [2.24, 2.45) is 35.5 Å². The lowest BCUT2D eigenvalue weighted by Gasteiger charge is -2.37. The molecule has 2 saturated carbocycles. The number of halogens is 1. The second-order valence-electron chi connectivity index (χ2n) is 9.43. The summed E-state index contributed by atoms with van der Waals surface area (Å²) in [6.07, 6.45) is 5.43. The lowest BCUT2D eigenvalue weighted by molar-refractivity contribution is -0.140. The third-order valence-electron chi connectivity index (χ3n) is 7.77. The first-order valence-electron chi connectivity index (χ1n) is 11.1. The fraction of sp³-hybridized carbons (Fsp3) is 0.346. The summed E-state index contributed by atoms with van der Waals surface area (Å²) in [6.45, 7) is 1.79. The minimum atomic E-state index is -0.281. The van der Waals surface area contributed by atoms with Crippen molar-refractivity contribution in [1.82, 2.24) is 4.90 Å². The van der Waals surface area contributed by atoms with Crippen molar-refractivity contribution in [3.8, 4) is 0 Å². The number of amides is 3. The van der Waals surface area contributed by atoms with E-state index in [1.54, 1.807) is 36.4 Å². The molecule has 3 amide bonds. The lowest BCUT2D eigenvalue weighted by atomic mass is 9.63. The van der Waals surface area contributed by atoms with Gasteiger partial charge in [0.1, 0.15) is 6.67 Å². The van der Waals surface area contributed by atoms with Crippen LogP contribution >= 0.6 is 11.6 Å². The van der Waals surface area contributed by atoms with E-state index in [2.05, 4.69) is 12.2 Å². The summed E-state index contributed by atoms with van der Waals surface area (Å²) in [7, 11) is 0. The Balaban J connectivity index is 1.35. The Morgan fingerprint density at radius 1 is 1.00 bits per heavy atom. The monoisotopic (exact) mass is 446 g/mol. The Hall–Kier alpha value is -2.92. The van der Waals surface area contributed by atoms with Gasteiger partial charge < -0.3 is 0 Å². The number of carbonyl (C=O) groups is 3. The maximum absolute atomic E-state index is 13.5. The van der Waals surface area contributed by atoms with Crippen molar-refractivity contribution in [2.75, 3.05) is 11.6 Å². The van der Waals surface area contributed by atoms with Gasteiger partial charge in [-0.2, -0.15) is 0 Å². The smallest absolute Gasteiger partial charge is 0.259 e. The summed E-state index contributed by atoms with van der Waals surface area (Å²) in [5.41, 5.74) is 1.95. The maximum atomic E-state index is 13.5. The van der Waals surface area contributed by atoms with Gasteiger partial charge in [0, 0.05) is 16.3 Å². The average Bonchev–Trinajstić information content (AvgIpc) is 3.59. The van der Waals surface area contributed by atoms with Crippen molar-refractivity contribution in [2.45, 2.75) is 13.3 Å². The summed E-state index contributed by atoms with van der Waals surface area (Å²) in [4.78, 5) is 43.2. The van der Waals surface area contributed by atoms with Crippen LogP contribution in [0.25, 0.3) is 0 Å². The van der Waals surface area contributed by atoms with Gasteiger partial charge in [0.2, 0.25) is 11.8 Å². The standard InChI is InChI=1S/C26H23ClN2O3/c1-14-7-8-16(11-21(14)27)28(24(30)15-5-3-2-4-6-15)13-29-25(31)22-17-9-10-18(20-12-19(17)20)23(22)26(29)32/h2-11,17-20,22-23H,12-13H2,1H3/t17-,18-,19-,20-,22-,23+/m0/s1. The second kappa shape index (κ2) is 7.04. The molecule has 0 radical (unpaired) electrons. The zero-order valence-electron chi connectivity index (χ0n) is 17.6. The van der Waals surface area contributed by atoms with Gasteiger partial charge in [-0.3, -0.25) is 24.2 Å². The number of hydrogen-bond donors (Lipinski definition) is 0. The number of carbonyl (C=O) groups excluding carboxylic acids is 3. The molecule has 0 unspecified atom stereocenters. The van der Waals surface area contributed by atoms with E-state index in [-0.39, 0.29) is 48.1 Å². The number of allylic oxidation sites excluding steroid dienone is 2.